The molecule has 1 spiro atoms. The number of sulfonamides is 1. The molecule has 1 saturated carbocycles. The second-order valence-corrected chi connectivity index (χ2v) is 19.5. The Hall–Kier alpha value is -5.13. The highest BCUT2D eigenvalue weighted by atomic mass is 32.2. The average molecular weight is 857 g/mol. The molecule has 2 atom stereocenters. The standard InChI is InChI=1S/C43H49FN8O6S2/c1-2-33(60(46,57)58)28-8-6-9-29(36(28)44)37-38(31-17-20-47-42(45)48-31)59-40(50-37)26-15-18-43(19-16-26)23-51(24-43)35(54)10-5-3-4-7-25-11-12-27-22-52(41(56)30(27)21-25)32-13-14-34(53)49-39(32)55/h6,8-9,11-12,17,20-21,26,32-33H,2-5,7,10,13-16,18-19,22-24H2,1H3,(H2,45,47,48)(H2,46,57,58)(H,49,53,55). The predicted octanol–water partition coefficient (Wildman–Crippen LogP) is 5.78. The van der Waals surface area contributed by atoms with Crippen molar-refractivity contribution in [3.8, 4) is 21.8 Å². The molecule has 2 aromatic heterocycles. The van der Waals surface area contributed by atoms with Crippen molar-refractivity contribution >= 4 is 50.9 Å². The summed E-state index contributed by atoms with van der Waals surface area (Å²) in [5.41, 5.74) is 9.63. The van der Waals surface area contributed by atoms with Crippen LogP contribution in [0.15, 0.2) is 48.7 Å². The Bertz CT molecular complexity index is 2460. The van der Waals surface area contributed by atoms with Crippen LogP contribution in [0.4, 0.5) is 10.3 Å². The second kappa shape index (κ2) is 16.7. The number of hydrogen-bond donors (Lipinski definition) is 3. The highest BCUT2D eigenvalue weighted by molar-refractivity contribution is 7.89. The summed E-state index contributed by atoms with van der Waals surface area (Å²) in [7, 11) is -4.06. The maximum Gasteiger partial charge on any atom is 0.255 e. The lowest BCUT2D eigenvalue weighted by Crippen LogP contribution is -2.59. The number of nitrogens with one attached hydrogen (secondary N) is 1. The van der Waals surface area contributed by atoms with E-state index < -0.39 is 33.0 Å². The second-order valence-electron chi connectivity index (χ2n) is 16.7. The van der Waals surface area contributed by atoms with Gasteiger partial charge in [0, 0.05) is 66.7 Å². The van der Waals surface area contributed by atoms with Gasteiger partial charge in [0.15, 0.2) is 0 Å². The maximum absolute atomic E-state index is 16.3. The number of carbonyl (C=O) groups excluding carboxylic acids is 4. The van der Waals surface area contributed by atoms with Gasteiger partial charge >= 0.3 is 0 Å². The summed E-state index contributed by atoms with van der Waals surface area (Å²) < 4.78 is 41.0. The molecular weight excluding hydrogens is 808 g/mol. The number of rotatable bonds is 13. The first-order chi connectivity index (χ1) is 28.7. The van der Waals surface area contributed by atoms with Crippen molar-refractivity contribution < 1.29 is 32.0 Å². The topological polar surface area (TPSA) is 212 Å². The number of nitrogens with two attached hydrogens (primary N) is 2. The third-order valence-electron chi connectivity index (χ3n) is 12.7. The van der Waals surface area contributed by atoms with E-state index in [1.165, 1.54) is 23.6 Å². The van der Waals surface area contributed by atoms with Gasteiger partial charge in [-0.3, -0.25) is 24.5 Å². The van der Waals surface area contributed by atoms with Gasteiger partial charge < -0.3 is 15.5 Å². The number of aromatic nitrogens is 3. The molecule has 5 heterocycles. The highest BCUT2D eigenvalue weighted by Gasteiger charge is 2.47. The van der Waals surface area contributed by atoms with Crippen molar-refractivity contribution in [3.05, 3.63) is 81.7 Å². The largest absolute Gasteiger partial charge is 0.368 e. The lowest BCUT2D eigenvalue weighted by molar-refractivity contribution is -0.146. The summed E-state index contributed by atoms with van der Waals surface area (Å²) in [6.45, 7) is 3.50. The molecule has 4 amide bonds. The monoisotopic (exact) mass is 856 g/mol. The quantitative estimate of drug-likeness (QED) is 0.109. The average Bonchev–Trinajstić information content (AvgIpc) is 3.78. The van der Waals surface area contributed by atoms with Crippen molar-refractivity contribution in [1.82, 2.24) is 30.1 Å². The Labute approximate surface area is 352 Å². The minimum atomic E-state index is -4.06. The summed E-state index contributed by atoms with van der Waals surface area (Å²) in [6, 6.07) is 11.6. The van der Waals surface area contributed by atoms with Crippen LogP contribution in [0.1, 0.15) is 121 Å². The first kappa shape index (κ1) is 41.6. The SMILES string of the molecule is CCC(c1cccc(-c2nc(C3CCC4(CC3)CN(C(=O)CCCCCc3ccc5c(c3)C(=O)N(C3CCC(=O)NC3=O)C5)C4)sc2-c2ccnc(N)n2)c1F)S(N)(=O)=O. The van der Waals surface area contributed by atoms with Crippen LogP contribution in [0.5, 0.6) is 0 Å². The van der Waals surface area contributed by atoms with Gasteiger partial charge in [-0.05, 0) is 87.1 Å². The van der Waals surface area contributed by atoms with Crippen molar-refractivity contribution in [3.63, 3.8) is 0 Å². The van der Waals surface area contributed by atoms with E-state index in [0.29, 0.717) is 41.2 Å². The van der Waals surface area contributed by atoms with Crippen LogP contribution in [0.2, 0.25) is 0 Å². The lowest BCUT2D eigenvalue weighted by Gasteiger charge is -2.53. The molecule has 2 aromatic carbocycles. The van der Waals surface area contributed by atoms with Crippen molar-refractivity contribution in [2.24, 2.45) is 10.6 Å². The number of amides is 4. The van der Waals surface area contributed by atoms with E-state index in [4.69, 9.17) is 15.9 Å². The van der Waals surface area contributed by atoms with Gasteiger partial charge in [-0.15, -0.1) is 11.3 Å². The fourth-order valence-electron chi connectivity index (χ4n) is 9.41. The normalized spacial score (nSPS) is 19.6. The number of benzene rings is 2. The molecular formula is C43H49FN8O6S2. The zero-order chi connectivity index (χ0) is 42.3. The molecule has 316 valence electrons. The molecule has 8 rings (SSSR count). The number of likely N-dealkylation sites (tertiary alicyclic amines) is 1. The molecule has 3 aliphatic heterocycles. The van der Waals surface area contributed by atoms with E-state index >= 15 is 4.39 Å². The number of primary sulfonamides is 1. The van der Waals surface area contributed by atoms with E-state index in [-0.39, 0.29) is 59.0 Å². The number of aryl methyl sites for hydroxylation is 1. The van der Waals surface area contributed by atoms with Gasteiger partial charge in [0.1, 0.15) is 17.1 Å². The van der Waals surface area contributed by atoms with Gasteiger partial charge in [0.2, 0.25) is 33.7 Å². The van der Waals surface area contributed by atoms with Crippen LogP contribution in [0.3, 0.4) is 0 Å². The molecule has 0 bridgehead atoms. The van der Waals surface area contributed by atoms with Crippen LogP contribution < -0.4 is 16.2 Å². The fourth-order valence-corrected chi connectivity index (χ4v) is 11.6. The van der Waals surface area contributed by atoms with Crippen molar-refractivity contribution in [2.75, 3.05) is 18.8 Å². The molecule has 0 radical (unpaired) electrons. The molecule has 60 heavy (non-hydrogen) atoms. The van der Waals surface area contributed by atoms with E-state index in [9.17, 15) is 27.6 Å². The van der Waals surface area contributed by atoms with Gasteiger partial charge in [0.05, 0.1) is 21.3 Å². The van der Waals surface area contributed by atoms with Gasteiger partial charge in [-0.25, -0.2) is 32.9 Å². The molecule has 4 aromatic rings. The van der Waals surface area contributed by atoms with Crippen LogP contribution in [-0.4, -0.2) is 75.9 Å². The van der Waals surface area contributed by atoms with Crippen LogP contribution in [0, 0.1) is 11.2 Å². The number of halogens is 1. The van der Waals surface area contributed by atoms with E-state index in [0.717, 1.165) is 80.6 Å². The van der Waals surface area contributed by atoms with Crippen molar-refractivity contribution in [1.29, 1.82) is 0 Å². The highest BCUT2D eigenvalue weighted by Crippen LogP contribution is 2.51. The zero-order valence-electron chi connectivity index (χ0n) is 33.5. The molecule has 1 aliphatic carbocycles. The molecule has 14 nitrogen and oxygen atoms in total. The lowest BCUT2D eigenvalue weighted by atomic mass is 9.66. The summed E-state index contributed by atoms with van der Waals surface area (Å²) in [5, 5.41) is 7.48. The number of fused-ring (bicyclic) bond motifs is 1. The summed E-state index contributed by atoms with van der Waals surface area (Å²) in [4.78, 5) is 67.9. The number of unbranched alkanes of at least 4 members (excludes halogenated alkanes) is 2. The van der Waals surface area contributed by atoms with Crippen LogP contribution in [-0.2, 0) is 37.4 Å². The zero-order valence-corrected chi connectivity index (χ0v) is 35.1. The smallest absolute Gasteiger partial charge is 0.255 e. The Morgan fingerprint density at radius 2 is 1.82 bits per heavy atom. The fraction of sp³-hybridized carbons (Fsp3) is 0.465. The minimum Gasteiger partial charge on any atom is -0.368 e. The number of thiazole rings is 1. The Kier molecular flexibility index (Phi) is 11.6. The van der Waals surface area contributed by atoms with Crippen LogP contribution in [0.25, 0.3) is 21.8 Å². The first-order valence-electron chi connectivity index (χ1n) is 20.7. The third-order valence-corrected chi connectivity index (χ3v) is 15.3. The van der Waals surface area contributed by atoms with Gasteiger partial charge in [-0.2, -0.15) is 0 Å². The maximum atomic E-state index is 16.3. The summed E-state index contributed by atoms with van der Waals surface area (Å²) in [5.74, 6) is -1.20. The van der Waals surface area contributed by atoms with E-state index in [2.05, 4.69) is 15.3 Å². The number of hydrogen-bond acceptors (Lipinski definition) is 11. The van der Waals surface area contributed by atoms with Gasteiger partial charge in [0.25, 0.3) is 5.91 Å². The van der Waals surface area contributed by atoms with Crippen molar-refractivity contribution in [2.45, 2.75) is 108 Å². The Morgan fingerprint density at radius 1 is 1.03 bits per heavy atom. The molecule has 2 saturated heterocycles. The Balaban J connectivity index is 0.833. The van der Waals surface area contributed by atoms with Gasteiger partial charge in [-0.1, -0.05) is 37.6 Å². The number of carbonyl (C=O) groups is 4. The number of piperidine rings is 1. The van der Waals surface area contributed by atoms with E-state index in [1.807, 2.05) is 23.1 Å². The van der Waals surface area contributed by atoms with Crippen LogP contribution >= 0.6 is 11.3 Å². The number of nitrogen functional groups attached to an aromatic ring is 1. The molecule has 17 heteroatoms. The molecule has 3 fully saturated rings. The Morgan fingerprint density at radius 3 is 2.53 bits per heavy atom. The summed E-state index contributed by atoms with van der Waals surface area (Å²) >= 11 is 1.44. The number of anilines is 1. The number of imide groups is 1. The summed E-state index contributed by atoms with van der Waals surface area (Å²) in [6.07, 6.45) is 9.68. The number of nitrogens with zero attached hydrogens (tertiary/aromatic N) is 5. The molecule has 4 aliphatic rings. The minimum absolute atomic E-state index is 0.000361. The third kappa shape index (κ3) is 8.31. The first-order valence-corrected chi connectivity index (χ1v) is 23.1. The molecule has 5 N–H and O–H groups in total. The molecule has 2 unspecified atom stereocenters. The predicted molar refractivity (Wildman–Crippen MR) is 224 cm³/mol. The van der Waals surface area contributed by atoms with E-state index in [1.54, 1.807) is 30.0 Å².